The van der Waals surface area contributed by atoms with Gasteiger partial charge in [0.2, 0.25) is 0 Å². The molecule has 2 aliphatic heterocycles. The summed E-state index contributed by atoms with van der Waals surface area (Å²) in [5.74, 6) is 0. The van der Waals surface area contributed by atoms with E-state index in [1.165, 1.54) is 12.7 Å². The molecule has 0 saturated carbocycles. The summed E-state index contributed by atoms with van der Waals surface area (Å²) in [6, 6.07) is 0. The number of aliphatic imine (C=N–C) groups is 2. The lowest BCUT2D eigenvalue weighted by molar-refractivity contribution is -0.0313. The van der Waals surface area contributed by atoms with Gasteiger partial charge in [0.15, 0.2) is 0 Å². The van der Waals surface area contributed by atoms with Crippen LogP contribution in [-0.2, 0) is 19.0 Å². The third-order valence-electron chi connectivity index (χ3n) is 1.69. The average molecular weight is 234 g/mol. The Morgan fingerprint density at radius 3 is 1.80 bits per heavy atom. The Morgan fingerprint density at radius 2 is 1.47 bits per heavy atom. The molecule has 0 saturated heterocycles. The standard InChI is InChI=1S/C6H10N4O4S/c11-15(12,13-9-3-1-7-5-9)14-10-4-2-8-6-10/h5-6H,1-4H2. The molecule has 84 valence electrons. The number of rotatable bonds is 4. The highest BCUT2D eigenvalue weighted by Crippen LogP contribution is 2.06. The SMILES string of the molecule is O=S(=O)(ON1C=NCC1)ON1C=NCC1. The first-order chi connectivity index (χ1) is 7.16. The second-order valence-electron chi connectivity index (χ2n) is 2.88. The molecule has 0 radical (unpaired) electrons. The predicted octanol–water partition coefficient (Wildman–Crippen LogP) is -1.22. The Hall–Kier alpha value is -1.19. The topological polar surface area (TPSA) is 83.8 Å². The van der Waals surface area contributed by atoms with Crippen LogP contribution in [0, 0.1) is 0 Å². The van der Waals surface area contributed by atoms with Crippen LogP contribution in [-0.4, -0.2) is 57.4 Å². The van der Waals surface area contributed by atoms with Crippen molar-refractivity contribution in [2.24, 2.45) is 9.98 Å². The van der Waals surface area contributed by atoms with E-state index in [1.54, 1.807) is 0 Å². The van der Waals surface area contributed by atoms with E-state index >= 15 is 0 Å². The van der Waals surface area contributed by atoms with Gasteiger partial charge in [-0.1, -0.05) is 0 Å². The summed E-state index contributed by atoms with van der Waals surface area (Å²) in [6.07, 6.45) is 2.61. The second-order valence-corrected chi connectivity index (χ2v) is 4.00. The van der Waals surface area contributed by atoms with E-state index in [0.717, 1.165) is 10.1 Å². The molecule has 0 amide bonds. The maximum atomic E-state index is 11.3. The lowest BCUT2D eigenvalue weighted by atomic mass is 10.7. The van der Waals surface area contributed by atoms with E-state index in [1.807, 2.05) is 0 Å². The molecule has 0 aromatic carbocycles. The van der Waals surface area contributed by atoms with Crippen molar-refractivity contribution in [3.63, 3.8) is 0 Å². The smallest absolute Gasteiger partial charge is 0.271 e. The largest absolute Gasteiger partial charge is 0.442 e. The van der Waals surface area contributed by atoms with Crippen LogP contribution < -0.4 is 0 Å². The summed E-state index contributed by atoms with van der Waals surface area (Å²) in [5.41, 5.74) is 0. The molecule has 0 fully saturated rings. The first-order valence-corrected chi connectivity index (χ1v) is 5.66. The molecule has 0 aromatic heterocycles. The van der Waals surface area contributed by atoms with E-state index in [4.69, 9.17) is 0 Å². The Balaban J connectivity index is 1.88. The minimum Gasteiger partial charge on any atom is -0.271 e. The second kappa shape index (κ2) is 4.13. The van der Waals surface area contributed by atoms with Gasteiger partial charge in [0.05, 0.1) is 26.2 Å². The molecule has 0 atom stereocenters. The number of hydroxylamine groups is 4. The van der Waals surface area contributed by atoms with E-state index in [2.05, 4.69) is 18.6 Å². The normalized spacial score (nSPS) is 20.5. The monoisotopic (exact) mass is 234 g/mol. The lowest BCUT2D eigenvalue weighted by Gasteiger charge is -2.16. The first kappa shape index (κ1) is 10.3. The molecule has 0 spiro atoms. The Morgan fingerprint density at radius 1 is 1.00 bits per heavy atom. The summed E-state index contributed by atoms with van der Waals surface area (Å²) >= 11 is 0. The summed E-state index contributed by atoms with van der Waals surface area (Å²) in [4.78, 5) is 7.59. The van der Waals surface area contributed by atoms with Crippen LogP contribution in [0.4, 0.5) is 0 Å². The third-order valence-corrected chi connectivity index (χ3v) is 2.44. The third kappa shape index (κ3) is 2.88. The Bertz CT molecular complexity index is 349. The summed E-state index contributed by atoms with van der Waals surface area (Å²) in [6.45, 7) is 1.83. The van der Waals surface area contributed by atoms with Gasteiger partial charge in [-0.2, -0.15) is 8.42 Å². The van der Waals surface area contributed by atoms with Crippen LogP contribution in [0.5, 0.6) is 0 Å². The molecule has 2 rings (SSSR count). The van der Waals surface area contributed by atoms with Crippen LogP contribution >= 0.6 is 0 Å². The minimum absolute atomic E-state index is 0.399. The van der Waals surface area contributed by atoms with E-state index < -0.39 is 10.4 Å². The van der Waals surface area contributed by atoms with Crippen molar-refractivity contribution in [3.8, 4) is 0 Å². The van der Waals surface area contributed by atoms with E-state index in [-0.39, 0.29) is 0 Å². The highest BCUT2D eigenvalue weighted by Gasteiger charge is 2.23. The fourth-order valence-electron chi connectivity index (χ4n) is 1.09. The number of nitrogens with zero attached hydrogens (tertiary/aromatic N) is 4. The molecule has 8 nitrogen and oxygen atoms in total. The van der Waals surface area contributed by atoms with Gasteiger partial charge in [0, 0.05) is 0 Å². The van der Waals surface area contributed by atoms with Gasteiger partial charge in [0.25, 0.3) is 0 Å². The average Bonchev–Trinajstić information content (AvgIpc) is 2.75. The fourth-order valence-corrected chi connectivity index (χ4v) is 1.81. The molecular weight excluding hydrogens is 224 g/mol. The maximum absolute atomic E-state index is 11.3. The van der Waals surface area contributed by atoms with Crippen molar-refractivity contribution in [1.82, 2.24) is 10.1 Å². The molecule has 2 heterocycles. The fraction of sp³-hybridized carbons (Fsp3) is 0.667. The molecule has 2 aliphatic rings. The molecule has 0 unspecified atom stereocenters. The molecule has 0 N–H and O–H groups in total. The van der Waals surface area contributed by atoms with Crippen LogP contribution in [0.1, 0.15) is 0 Å². The van der Waals surface area contributed by atoms with Gasteiger partial charge in [-0.05, 0) is 0 Å². The summed E-state index contributed by atoms with van der Waals surface area (Å²) in [7, 11) is -4.08. The van der Waals surface area contributed by atoms with Crippen molar-refractivity contribution >= 4 is 23.1 Å². The quantitative estimate of drug-likeness (QED) is 0.606. The van der Waals surface area contributed by atoms with Crippen molar-refractivity contribution in [3.05, 3.63) is 0 Å². The van der Waals surface area contributed by atoms with Crippen molar-refractivity contribution in [2.75, 3.05) is 26.2 Å². The zero-order valence-corrected chi connectivity index (χ0v) is 8.63. The van der Waals surface area contributed by atoms with E-state index in [9.17, 15) is 8.42 Å². The molecule has 0 aliphatic carbocycles. The van der Waals surface area contributed by atoms with Crippen LogP contribution in [0.3, 0.4) is 0 Å². The molecule has 15 heavy (non-hydrogen) atoms. The summed E-state index contributed by atoms with van der Waals surface area (Å²) in [5, 5.41) is 2.20. The van der Waals surface area contributed by atoms with Crippen molar-refractivity contribution in [1.29, 1.82) is 0 Å². The van der Waals surface area contributed by atoms with Gasteiger partial charge in [-0.15, -0.1) is 8.57 Å². The van der Waals surface area contributed by atoms with Gasteiger partial charge < -0.3 is 0 Å². The number of hydrogen-bond donors (Lipinski definition) is 0. The predicted molar refractivity (Wildman–Crippen MR) is 51.2 cm³/mol. The van der Waals surface area contributed by atoms with Gasteiger partial charge in [-0.25, -0.2) is 10.1 Å². The Kier molecular flexibility index (Phi) is 2.84. The van der Waals surface area contributed by atoms with Crippen molar-refractivity contribution < 1.29 is 17.0 Å². The molecule has 0 bridgehead atoms. The minimum atomic E-state index is -4.08. The van der Waals surface area contributed by atoms with Gasteiger partial charge >= 0.3 is 10.4 Å². The highest BCUT2D eigenvalue weighted by molar-refractivity contribution is 7.81. The zero-order chi connectivity index (χ0) is 10.7. The van der Waals surface area contributed by atoms with Crippen molar-refractivity contribution in [2.45, 2.75) is 0 Å². The van der Waals surface area contributed by atoms with Crippen LogP contribution in [0.2, 0.25) is 0 Å². The molecule has 9 heteroatoms. The van der Waals surface area contributed by atoms with Crippen LogP contribution in [0.15, 0.2) is 9.98 Å². The highest BCUT2D eigenvalue weighted by atomic mass is 32.3. The maximum Gasteiger partial charge on any atom is 0.442 e. The lowest BCUT2D eigenvalue weighted by Crippen LogP contribution is -2.31. The first-order valence-electron chi connectivity index (χ1n) is 4.33. The zero-order valence-electron chi connectivity index (χ0n) is 7.81. The summed E-state index contributed by atoms with van der Waals surface area (Å²) < 4.78 is 31.8. The Labute approximate surface area is 87.0 Å². The number of hydrogen-bond acceptors (Lipinski definition) is 8. The van der Waals surface area contributed by atoms with Gasteiger partial charge in [-0.3, -0.25) is 9.98 Å². The van der Waals surface area contributed by atoms with E-state index in [0.29, 0.717) is 26.2 Å². The molecule has 0 aromatic rings. The van der Waals surface area contributed by atoms with Gasteiger partial charge in [0.1, 0.15) is 12.7 Å². The molecular formula is C6H10N4O4S. The van der Waals surface area contributed by atoms with Crippen LogP contribution in [0.25, 0.3) is 0 Å².